The van der Waals surface area contributed by atoms with Gasteiger partial charge >= 0.3 is 0 Å². The van der Waals surface area contributed by atoms with Crippen LogP contribution in [0.3, 0.4) is 0 Å². The number of hydrogen-bond acceptors (Lipinski definition) is 6. The van der Waals surface area contributed by atoms with Gasteiger partial charge in [0.15, 0.2) is 12.4 Å². The Bertz CT molecular complexity index is 1040. The van der Waals surface area contributed by atoms with Crippen molar-refractivity contribution in [3.05, 3.63) is 66.7 Å². The van der Waals surface area contributed by atoms with E-state index < -0.39 is 5.79 Å². The molecule has 1 amide bonds. The monoisotopic (exact) mass is 422 g/mol. The van der Waals surface area contributed by atoms with Crippen molar-refractivity contribution in [3.8, 4) is 5.75 Å². The van der Waals surface area contributed by atoms with Crippen LogP contribution < -0.4 is 4.74 Å². The number of benzene rings is 1. The molecule has 1 atom stereocenters. The van der Waals surface area contributed by atoms with Crippen molar-refractivity contribution in [2.75, 3.05) is 46.0 Å². The Labute approximate surface area is 180 Å². The highest BCUT2D eigenvalue weighted by Gasteiger charge is 2.43. The number of fused-ring (bicyclic) bond motifs is 1. The first-order valence-electron chi connectivity index (χ1n) is 10.6. The van der Waals surface area contributed by atoms with Crippen LogP contribution in [0.1, 0.15) is 5.82 Å². The van der Waals surface area contributed by atoms with Crippen molar-refractivity contribution in [3.63, 3.8) is 0 Å². The van der Waals surface area contributed by atoms with Crippen LogP contribution in [0.5, 0.6) is 5.75 Å². The van der Waals surface area contributed by atoms with E-state index in [9.17, 15) is 4.79 Å². The van der Waals surface area contributed by atoms with Gasteiger partial charge in [-0.2, -0.15) is 0 Å². The first kappa shape index (κ1) is 20.0. The van der Waals surface area contributed by atoms with E-state index in [1.165, 1.54) is 0 Å². The molecular weight excluding hydrogens is 396 g/mol. The van der Waals surface area contributed by atoms with Gasteiger partial charge in [0.2, 0.25) is 0 Å². The van der Waals surface area contributed by atoms with Crippen LogP contribution in [0.2, 0.25) is 0 Å². The first-order valence-corrected chi connectivity index (χ1v) is 10.6. The van der Waals surface area contributed by atoms with Gasteiger partial charge in [-0.15, -0.1) is 0 Å². The molecule has 0 aliphatic carbocycles. The number of aromatic nitrogens is 2. The first-order chi connectivity index (χ1) is 15.2. The standard InChI is InChI=1S/C23H26N4O4/c28-22(16-29-20-7-2-1-3-8-20)26-11-13-31-23(18-26)17-25(10-12-30-23)15-21-24-14-19-6-4-5-9-27(19)21/h1-9,14H,10-13,15-18H2. The van der Waals surface area contributed by atoms with Crippen molar-refractivity contribution in [1.29, 1.82) is 0 Å². The molecule has 2 fully saturated rings. The third kappa shape index (κ3) is 4.41. The average Bonchev–Trinajstić information content (AvgIpc) is 3.21. The van der Waals surface area contributed by atoms with Crippen LogP contribution in [0.4, 0.5) is 0 Å². The van der Waals surface area contributed by atoms with E-state index in [0.717, 1.165) is 17.9 Å². The SMILES string of the molecule is O=C(COc1ccccc1)N1CCOC2(CN(Cc3ncc4ccccn34)CCO2)C1. The number of rotatable bonds is 5. The van der Waals surface area contributed by atoms with Gasteiger partial charge < -0.3 is 23.5 Å². The molecule has 5 rings (SSSR count). The Morgan fingerprint density at radius 3 is 2.71 bits per heavy atom. The van der Waals surface area contributed by atoms with Crippen LogP contribution in [-0.2, 0) is 20.8 Å². The number of carbonyl (C=O) groups excluding carboxylic acids is 1. The summed E-state index contributed by atoms with van der Waals surface area (Å²) < 4.78 is 19.9. The molecule has 4 heterocycles. The van der Waals surface area contributed by atoms with Crippen molar-refractivity contribution < 1.29 is 19.0 Å². The molecule has 8 nitrogen and oxygen atoms in total. The quantitative estimate of drug-likeness (QED) is 0.625. The summed E-state index contributed by atoms with van der Waals surface area (Å²) in [6, 6.07) is 15.4. The minimum atomic E-state index is -0.814. The molecule has 0 radical (unpaired) electrons. The number of para-hydroxylation sites is 1. The summed E-state index contributed by atoms with van der Waals surface area (Å²) in [5.74, 6) is 0.788. The third-order valence-corrected chi connectivity index (χ3v) is 5.73. The number of amides is 1. The minimum absolute atomic E-state index is 0.00384. The number of imidazole rings is 1. The van der Waals surface area contributed by atoms with Crippen molar-refractivity contribution >= 4 is 11.4 Å². The number of ether oxygens (including phenoxy) is 3. The Hall–Kier alpha value is -2.94. The predicted molar refractivity (Wildman–Crippen MR) is 114 cm³/mol. The molecule has 2 saturated heterocycles. The van der Waals surface area contributed by atoms with Gasteiger partial charge in [0.05, 0.1) is 44.6 Å². The van der Waals surface area contributed by atoms with Gasteiger partial charge in [0.1, 0.15) is 11.6 Å². The predicted octanol–water partition coefficient (Wildman–Crippen LogP) is 1.80. The topological polar surface area (TPSA) is 68.5 Å². The zero-order valence-electron chi connectivity index (χ0n) is 17.4. The van der Waals surface area contributed by atoms with Crippen LogP contribution >= 0.6 is 0 Å². The van der Waals surface area contributed by atoms with Gasteiger partial charge in [0.25, 0.3) is 5.91 Å². The summed E-state index contributed by atoms with van der Waals surface area (Å²) in [6.07, 6.45) is 3.91. The maximum absolute atomic E-state index is 12.7. The van der Waals surface area contributed by atoms with Crippen molar-refractivity contribution in [1.82, 2.24) is 19.2 Å². The molecule has 0 saturated carbocycles. The number of pyridine rings is 1. The van der Waals surface area contributed by atoms with E-state index in [1.807, 2.05) is 60.9 Å². The summed E-state index contributed by atoms with van der Waals surface area (Å²) in [5.41, 5.74) is 1.07. The van der Waals surface area contributed by atoms with Gasteiger partial charge in [-0.05, 0) is 24.3 Å². The largest absolute Gasteiger partial charge is 0.484 e. The van der Waals surface area contributed by atoms with Gasteiger partial charge in [0, 0.05) is 19.3 Å². The fourth-order valence-corrected chi connectivity index (χ4v) is 4.18. The molecule has 1 aromatic carbocycles. The molecule has 2 aliphatic rings. The van der Waals surface area contributed by atoms with E-state index in [2.05, 4.69) is 14.3 Å². The van der Waals surface area contributed by atoms with Crippen molar-refractivity contribution in [2.24, 2.45) is 0 Å². The lowest BCUT2D eigenvalue weighted by Gasteiger charge is -2.47. The molecular formula is C23H26N4O4. The second-order valence-electron chi connectivity index (χ2n) is 7.91. The normalized spacial score (nSPS) is 22.1. The van der Waals surface area contributed by atoms with Crippen LogP contribution in [-0.4, -0.2) is 76.9 Å². The molecule has 1 spiro atoms. The van der Waals surface area contributed by atoms with Crippen LogP contribution in [0, 0.1) is 0 Å². The number of carbonyl (C=O) groups is 1. The van der Waals surface area contributed by atoms with Crippen LogP contribution in [0.15, 0.2) is 60.9 Å². The zero-order valence-corrected chi connectivity index (χ0v) is 17.4. The zero-order chi connectivity index (χ0) is 21.1. The Morgan fingerprint density at radius 2 is 1.84 bits per heavy atom. The maximum atomic E-state index is 12.7. The lowest BCUT2D eigenvalue weighted by Crippen LogP contribution is -2.63. The Morgan fingerprint density at radius 1 is 1.03 bits per heavy atom. The minimum Gasteiger partial charge on any atom is -0.484 e. The summed E-state index contributed by atoms with van der Waals surface area (Å²) in [6.45, 7) is 3.98. The summed E-state index contributed by atoms with van der Waals surface area (Å²) >= 11 is 0. The average molecular weight is 422 g/mol. The molecule has 2 aliphatic heterocycles. The van der Waals surface area contributed by atoms with E-state index >= 15 is 0 Å². The molecule has 2 aromatic heterocycles. The molecule has 0 bridgehead atoms. The number of morpholine rings is 2. The van der Waals surface area contributed by atoms with E-state index in [1.54, 1.807) is 4.90 Å². The maximum Gasteiger partial charge on any atom is 0.260 e. The summed E-state index contributed by atoms with van der Waals surface area (Å²) in [7, 11) is 0. The fourth-order valence-electron chi connectivity index (χ4n) is 4.18. The second-order valence-corrected chi connectivity index (χ2v) is 7.91. The molecule has 31 heavy (non-hydrogen) atoms. The van der Waals surface area contributed by atoms with E-state index in [4.69, 9.17) is 14.2 Å². The molecule has 0 N–H and O–H groups in total. The molecule has 1 unspecified atom stereocenters. The van der Waals surface area contributed by atoms with Gasteiger partial charge in [-0.3, -0.25) is 9.69 Å². The highest BCUT2D eigenvalue weighted by Crippen LogP contribution is 2.26. The lowest BCUT2D eigenvalue weighted by atomic mass is 10.1. The second kappa shape index (κ2) is 8.66. The van der Waals surface area contributed by atoms with Gasteiger partial charge in [-0.25, -0.2) is 4.98 Å². The van der Waals surface area contributed by atoms with Crippen molar-refractivity contribution in [2.45, 2.75) is 12.3 Å². The van der Waals surface area contributed by atoms with Gasteiger partial charge in [-0.1, -0.05) is 24.3 Å². The fraction of sp³-hybridized carbons (Fsp3) is 0.391. The Balaban J connectivity index is 1.22. The third-order valence-electron chi connectivity index (χ3n) is 5.73. The molecule has 162 valence electrons. The smallest absolute Gasteiger partial charge is 0.260 e. The highest BCUT2D eigenvalue weighted by molar-refractivity contribution is 5.78. The molecule has 3 aromatic rings. The summed E-state index contributed by atoms with van der Waals surface area (Å²) in [4.78, 5) is 21.4. The molecule has 8 heteroatoms. The number of nitrogens with zero attached hydrogens (tertiary/aromatic N) is 4. The summed E-state index contributed by atoms with van der Waals surface area (Å²) in [5, 5.41) is 0. The van der Waals surface area contributed by atoms with E-state index in [-0.39, 0.29) is 12.5 Å². The van der Waals surface area contributed by atoms with Crippen LogP contribution in [0.25, 0.3) is 5.52 Å². The number of hydrogen-bond donors (Lipinski definition) is 0. The highest BCUT2D eigenvalue weighted by atomic mass is 16.7. The lowest BCUT2D eigenvalue weighted by molar-refractivity contribution is -0.290. The van der Waals surface area contributed by atoms with E-state index in [0.29, 0.717) is 45.1 Å². The Kier molecular flexibility index (Phi) is 5.59.